The van der Waals surface area contributed by atoms with Crippen molar-refractivity contribution >= 4 is 22.6 Å². The van der Waals surface area contributed by atoms with E-state index in [-0.39, 0.29) is 17.8 Å². The number of halogens is 2. The standard InChI is InChI=1S/C14H16ClFN2O/c1-9-10(5-6-19-9)8-18-12-4-2-3-11(16)14(12)17-13(18)7-15/h2-4,9-10H,5-8H2,1H3. The van der Waals surface area contributed by atoms with Crippen molar-refractivity contribution in [3.05, 3.63) is 29.8 Å². The van der Waals surface area contributed by atoms with Gasteiger partial charge in [-0.1, -0.05) is 6.07 Å². The summed E-state index contributed by atoms with van der Waals surface area (Å²) in [5.41, 5.74) is 1.22. The lowest BCUT2D eigenvalue weighted by Crippen LogP contribution is -2.19. The van der Waals surface area contributed by atoms with Gasteiger partial charge in [-0.05, 0) is 25.5 Å². The van der Waals surface area contributed by atoms with E-state index in [4.69, 9.17) is 16.3 Å². The SMILES string of the molecule is CC1OCCC1Cn1c(CCl)nc2c(F)cccc21. The van der Waals surface area contributed by atoms with Gasteiger partial charge < -0.3 is 9.30 Å². The summed E-state index contributed by atoms with van der Waals surface area (Å²) in [5.74, 6) is 1.15. The predicted octanol–water partition coefficient (Wildman–Crippen LogP) is 3.34. The molecular weight excluding hydrogens is 267 g/mol. The molecule has 1 fully saturated rings. The number of aromatic nitrogens is 2. The summed E-state index contributed by atoms with van der Waals surface area (Å²) in [4.78, 5) is 4.31. The number of hydrogen-bond donors (Lipinski definition) is 0. The fourth-order valence-corrected chi connectivity index (χ4v) is 2.92. The molecule has 0 N–H and O–H groups in total. The Morgan fingerprint density at radius 3 is 3.05 bits per heavy atom. The van der Waals surface area contributed by atoms with E-state index in [1.165, 1.54) is 6.07 Å². The summed E-state index contributed by atoms with van der Waals surface area (Å²) >= 11 is 5.94. The normalized spacial score (nSPS) is 23.3. The van der Waals surface area contributed by atoms with E-state index in [1.807, 2.05) is 10.6 Å². The molecule has 0 radical (unpaired) electrons. The smallest absolute Gasteiger partial charge is 0.151 e. The summed E-state index contributed by atoms with van der Waals surface area (Å²) in [6, 6.07) is 5.03. The van der Waals surface area contributed by atoms with E-state index in [0.29, 0.717) is 11.4 Å². The van der Waals surface area contributed by atoms with Crippen LogP contribution in [0.4, 0.5) is 4.39 Å². The average molecular weight is 283 g/mol. The lowest BCUT2D eigenvalue weighted by molar-refractivity contribution is 0.102. The van der Waals surface area contributed by atoms with Crippen molar-refractivity contribution in [1.29, 1.82) is 0 Å². The van der Waals surface area contributed by atoms with Crippen LogP contribution in [-0.4, -0.2) is 22.3 Å². The molecule has 1 aliphatic heterocycles. The summed E-state index contributed by atoms with van der Waals surface area (Å²) in [6.07, 6.45) is 1.26. The van der Waals surface area contributed by atoms with Crippen molar-refractivity contribution in [3.8, 4) is 0 Å². The minimum Gasteiger partial charge on any atom is -0.378 e. The third-order valence-corrected chi connectivity index (χ3v) is 4.12. The molecule has 2 aromatic rings. The van der Waals surface area contributed by atoms with Gasteiger partial charge in [0.25, 0.3) is 0 Å². The van der Waals surface area contributed by atoms with Gasteiger partial charge >= 0.3 is 0 Å². The summed E-state index contributed by atoms with van der Waals surface area (Å²) in [7, 11) is 0. The predicted molar refractivity (Wildman–Crippen MR) is 72.8 cm³/mol. The fourth-order valence-electron chi connectivity index (χ4n) is 2.72. The lowest BCUT2D eigenvalue weighted by Gasteiger charge is -2.16. The molecule has 1 aromatic heterocycles. The van der Waals surface area contributed by atoms with Crippen molar-refractivity contribution in [2.75, 3.05) is 6.61 Å². The zero-order valence-corrected chi connectivity index (χ0v) is 11.5. The van der Waals surface area contributed by atoms with Crippen molar-refractivity contribution in [2.45, 2.75) is 31.9 Å². The Morgan fingerprint density at radius 2 is 2.37 bits per heavy atom. The Bertz CT molecular complexity index is 598. The maximum atomic E-state index is 13.8. The fraction of sp³-hybridized carbons (Fsp3) is 0.500. The van der Waals surface area contributed by atoms with Crippen LogP contribution in [0.3, 0.4) is 0 Å². The number of para-hydroxylation sites is 1. The number of alkyl halides is 1. The summed E-state index contributed by atoms with van der Waals surface area (Å²) < 4.78 is 21.4. The molecule has 0 bridgehead atoms. The maximum Gasteiger partial charge on any atom is 0.151 e. The van der Waals surface area contributed by atoms with Crippen LogP contribution in [0, 0.1) is 11.7 Å². The van der Waals surface area contributed by atoms with E-state index in [0.717, 1.165) is 30.9 Å². The first-order valence-corrected chi connectivity index (χ1v) is 7.05. The van der Waals surface area contributed by atoms with Crippen molar-refractivity contribution < 1.29 is 9.13 Å². The molecule has 0 saturated carbocycles. The van der Waals surface area contributed by atoms with Crippen molar-refractivity contribution in [1.82, 2.24) is 9.55 Å². The van der Waals surface area contributed by atoms with Crippen LogP contribution in [0.1, 0.15) is 19.2 Å². The quantitative estimate of drug-likeness (QED) is 0.808. The number of benzene rings is 1. The topological polar surface area (TPSA) is 27.1 Å². The van der Waals surface area contributed by atoms with Gasteiger partial charge in [-0.2, -0.15) is 0 Å². The van der Waals surface area contributed by atoms with Gasteiger partial charge in [-0.25, -0.2) is 9.37 Å². The van der Waals surface area contributed by atoms with Gasteiger partial charge in [0.2, 0.25) is 0 Å². The highest BCUT2D eigenvalue weighted by Gasteiger charge is 2.26. The minimum absolute atomic E-state index is 0.231. The highest BCUT2D eigenvalue weighted by molar-refractivity contribution is 6.16. The monoisotopic (exact) mass is 282 g/mol. The largest absolute Gasteiger partial charge is 0.378 e. The van der Waals surface area contributed by atoms with Crippen LogP contribution in [0.2, 0.25) is 0 Å². The van der Waals surface area contributed by atoms with E-state index in [2.05, 4.69) is 11.9 Å². The first-order valence-electron chi connectivity index (χ1n) is 6.52. The molecular formula is C14H16ClFN2O. The Balaban J connectivity index is 2.03. The van der Waals surface area contributed by atoms with Crippen LogP contribution in [0.15, 0.2) is 18.2 Å². The first kappa shape index (κ1) is 12.9. The van der Waals surface area contributed by atoms with E-state index in [1.54, 1.807) is 6.07 Å². The average Bonchev–Trinajstić information content (AvgIpc) is 2.96. The highest BCUT2D eigenvalue weighted by Crippen LogP contribution is 2.27. The molecule has 1 saturated heterocycles. The molecule has 3 rings (SSSR count). The zero-order chi connectivity index (χ0) is 13.4. The minimum atomic E-state index is -0.293. The van der Waals surface area contributed by atoms with E-state index >= 15 is 0 Å². The summed E-state index contributed by atoms with van der Waals surface area (Å²) in [5, 5.41) is 0. The molecule has 2 atom stereocenters. The molecule has 0 amide bonds. The Hall–Kier alpha value is -1.13. The second-order valence-corrected chi connectivity index (χ2v) is 5.27. The number of nitrogens with zero attached hydrogens (tertiary/aromatic N) is 2. The van der Waals surface area contributed by atoms with Gasteiger partial charge in [0.05, 0.1) is 17.5 Å². The van der Waals surface area contributed by atoms with Crippen molar-refractivity contribution in [3.63, 3.8) is 0 Å². The molecule has 2 heterocycles. The van der Waals surface area contributed by atoms with Gasteiger partial charge in [-0.15, -0.1) is 11.6 Å². The molecule has 0 aliphatic carbocycles. The molecule has 102 valence electrons. The molecule has 3 nitrogen and oxygen atoms in total. The maximum absolute atomic E-state index is 13.8. The van der Waals surface area contributed by atoms with Crippen LogP contribution in [0.25, 0.3) is 11.0 Å². The van der Waals surface area contributed by atoms with Crippen molar-refractivity contribution in [2.24, 2.45) is 5.92 Å². The number of rotatable bonds is 3. The third kappa shape index (κ3) is 2.23. The van der Waals surface area contributed by atoms with Gasteiger partial charge in [0.1, 0.15) is 11.3 Å². The number of hydrogen-bond acceptors (Lipinski definition) is 2. The molecule has 2 unspecified atom stereocenters. The van der Waals surface area contributed by atoms with Gasteiger partial charge in [0, 0.05) is 19.1 Å². The number of imidazole rings is 1. The van der Waals surface area contributed by atoms with Crippen LogP contribution in [-0.2, 0) is 17.2 Å². The van der Waals surface area contributed by atoms with Gasteiger partial charge in [-0.3, -0.25) is 0 Å². The van der Waals surface area contributed by atoms with Crippen LogP contribution >= 0.6 is 11.6 Å². The summed E-state index contributed by atoms with van der Waals surface area (Å²) in [6.45, 7) is 3.66. The Morgan fingerprint density at radius 1 is 1.53 bits per heavy atom. The van der Waals surface area contributed by atoms with E-state index < -0.39 is 0 Å². The van der Waals surface area contributed by atoms with Crippen LogP contribution in [0.5, 0.6) is 0 Å². The Labute approximate surface area is 116 Å². The molecule has 1 aromatic carbocycles. The molecule has 5 heteroatoms. The number of fused-ring (bicyclic) bond motifs is 1. The molecule has 1 aliphatic rings. The zero-order valence-electron chi connectivity index (χ0n) is 10.8. The second-order valence-electron chi connectivity index (χ2n) is 5.00. The third-order valence-electron chi connectivity index (χ3n) is 3.88. The highest BCUT2D eigenvalue weighted by atomic mass is 35.5. The second kappa shape index (κ2) is 5.10. The lowest BCUT2D eigenvalue weighted by atomic mass is 10.0. The van der Waals surface area contributed by atoms with Crippen LogP contribution < -0.4 is 0 Å². The molecule has 0 spiro atoms. The number of ether oxygens (including phenoxy) is 1. The first-order chi connectivity index (χ1) is 9.20. The molecule has 19 heavy (non-hydrogen) atoms. The van der Waals surface area contributed by atoms with Gasteiger partial charge in [0.15, 0.2) is 5.82 Å². The van der Waals surface area contributed by atoms with E-state index in [9.17, 15) is 4.39 Å². The Kier molecular flexibility index (Phi) is 3.46.